The van der Waals surface area contributed by atoms with Gasteiger partial charge in [-0.05, 0) is 14.1 Å². The molecule has 0 aromatic heterocycles. The van der Waals surface area contributed by atoms with E-state index in [0.717, 1.165) is 0 Å². The van der Waals surface area contributed by atoms with Crippen molar-refractivity contribution in [2.75, 3.05) is 14.1 Å². The van der Waals surface area contributed by atoms with Crippen molar-refractivity contribution in [3.8, 4) is 0 Å². The number of hydrogen-bond acceptors (Lipinski definition) is 1. The summed E-state index contributed by atoms with van der Waals surface area (Å²) in [6.07, 6.45) is 8.58. The first-order valence-electron chi connectivity index (χ1n) is 8.44. The maximum Gasteiger partial charge on any atom is -0.0167 e. The molecule has 0 bridgehead atoms. The fourth-order valence-corrected chi connectivity index (χ4v) is 7.52. The van der Waals surface area contributed by atoms with E-state index in [2.05, 4.69) is 59.0 Å². The van der Waals surface area contributed by atoms with Crippen molar-refractivity contribution in [1.82, 2.24) is 5.32 Å². The molecule has 0 saturated carbocycles. The third kappa shape index (κ3) is 5.98. The molecule has 0 heterocycles. The summed E-state index contributed by atoms with van der Waals surface area (Å²) in [7, 11) is 3.75. The second-order valence-corrected chi connectivity index (χ2v) is 10.2. The van der Waals surface area contributed by atoms with E-state index >= 15 is 0 Å². The average molecular weight is 452 g/mol. The summed E-state index contributed by atoms with van der Waals surface area (Å²) in [5.74, 6) is 0. The van der Waals surface area contributed by atoms with E-state index in [0.29, 0.717) is 5.41 Å². The van der Waals surface area contributed by atoms with Gasteiger partial charge in [0, 0.05) is 0 Å². The minimum Gasteiger partial charge on any atom is -0.323 e. The van der Waals surface area contributed by atoms with Crippen LogP contribution in [0.25, 0.3) is 0 Å². The van der Waals surface area contributed by atoms with Crippen LogP contribution in [0.2, 0.25) is 0 Å². The summed E-state index contributed by atoms with van der Waals surface area (Å²) in [6.45, 7) is 14.2. The van der Waals surface area contributed by atoms with Crippen molar-refractivity contribution in [1.29, 1.82) is 0 Å². The fourth-order valence-electron chi connectivity index (χ4n) is 3.18. The maximum atomic E-state index is 2.75. The predicted octanol–water partition coefficient (Wildman–Crippen LogP) is 6.41. The zero-order valence-corrected chi connectivity index (χ0v) is 20.7. The standard InChI is InChI=1S/C10H15.C8H11.C2H7N.2ClH.Zr/c1-7-6-10(4,5)9(3)8(7)2;1-2-5-8-6-3-4-7-8;1-3-2;;;/h1-5H3;3,6H,2,4-5H2,1H3;3H,1-2H3;2*1H;. The predicted molar refractivity (Wildman–Crippen MR) is 110 cm³/mol. The minimum atomic E-state index is -0.586. The molecule has 0 amide bonds. The van der Waals surface area contributed by atoms with Gasteiger partial charge in [-0.2, -0.15) is 0 Å². The van der Waals surface area contributed by atoms with Gasteiger partial charge in [-0.1, -0.05) is 0 Å². The van der Waals surface area contributed by atoms with E-state index in [1.807, 2.05) is 20.7 Å². The summed E-state index contributed by atoms with van der Waals surface area (Å²) < 4.78 is 3.65. The first-order valence-corrected chi connectivity index (χ1v) is 10.9. The van der Waals surface area contributed by atoms with Crippen molar-refractivity contribution < 1.29 is 23.2 Å². The molecular weight excluding hydrogens is 416 g/mol. The number of halogens is 2. The van der Waals surface area contributed by atoms with Crippen molar-refractivity contribution >= 4 is 24.8 Å². The van der Waals surface area contributed by atoms with E-state index in [-0.39, 0.29) is 24.8 Å². The Morgan fingerprint density at radius 3 is 2.04 bits per heavy atom. The minimum absolute atomic E-state index is 0. The van der Waals surface area contributed by atoms with Crippen LogP contribution in [0, 0.1) is 5.41 Å². The zero-order valence-electron chi connectivity index (χ0n) is 16.6. The second kappa shape index (κ2) is 11.9. The molecule has 24 heavy (non-hydrogen) atoms. The molecule has 0 aromatic carbocycles. The van der Waals surface area contributed by atoms with Gasteiger partial charge >= 0.3 is 130 Å². The molecule has 138 valence electrons. The van der Waals surface area contributed by atoms with E-state index in [9.17, 15) is 0 Å². The molecule has 0 aliphatic heterocycles. The number of hydrogen-bond donors (Lipinski definition) is 1. The van der Waals surface area contributed by atoms with Crippen LogP contribution in [0.4, 0.5) is 0 Å². The average Bonchev–Trinajstić information content (AvgIpc) is 2.95. The molecule has 4 heteroatoms. The molecule has 0 saturated heterocycles. The molecule has 2 aliphatic rings. The zero-order chi connectivity index (χ0) is 16.9. The Morgan fingerprint density at radius 2 is 1.62 bits per heavy atom. The van der Waals surface area contributed by atoms with Crippen molar-refractivity contribution in [3.63, 3.8) is 0 Å². The summed E-state index contributed by atoms with van der Waals surface area (Å²) in [5, 5.41) is 2.75. The molecule has 2 aliphatic carbocycles. The van der Waals surface area contributed by atoms with Crippen LogP contribution in [0.15, 0.2) is 41.0 Å². The Hall–Kier alpha value is 0.383. The van der Waals surface area contributed by atoms with E-state index in [1.165, 1.54) is 19.3 Å². The Balaban J connectivity index is 0. The van der Waals surface area contributed by atoms with Gasteiger partial charge in [0.05, 0.1) is 0 Å². The first-order chi connectivity index (χ1) is 10.3. The van der Waals surface area contributed by atoms with Gasteiger partial charge in [-0.25, -0.2) is 0 Å². The molecular formula is C20H35Cl2NZr. The number of rotatable bonds is 4. The summed E-state index contributed by atoms with van der Waals surface area (Å²) in [6, 6.07) is 0. The van der Waals surface area contributed by atoms with Crippen LogP contribution in [-0.2, 0) is 23.2 Å². The molecule has 2 rings (SSSR count). The van der Waals surface area contributed by atoms with Gasteiger partial charge in [0.1, 0.15) is 0 Å². The summed E-state index contributed by atoms with van der Waals surface area (Å²) in [4.78, 5) is 0. The van der Waals surface area contributed by atoms with Crippen LogP contribution in [0.3, 0.4) is 0 Å². The quantitative estimate of drug-likeness (QED) is 0.521. The molecule has 0 aromatic rings. The van der Waals surface area contributed by atoms with Crippen molar-refractivity contribution in [2.24, 2.45) is 5.41 Å². The maximum absolute atomic E-state index is 2.75. The largest absolute Gasteiger partial charge is 0.323 e. The van der Waals surface area contributed by atoms with Gasteiger partial charge in [0.2, 0.25) is 0 Å². The third-order valence-corrected chi connectivity index (χ3v) is 9.99. The smallest absolute Gasteiger partial charge is 0.0167 e. The SMILES string of the molecule is CCCC1=[C]([Zr][C]2=C(C)C(C)=C(C)C2(C)C)CC=C1.CNC.Cl.Cl. The Bertz CT molecular complexity index is 540. The second-order valence-electron chi connectivity index (χ2n) is 6.86. The first kappa shape index (κ1) is 26.6. The van der Waals surface area contributed by atoms with Crippen LogP contribution in [0.1, 0.15) is 60.8 Å². The van der Waals surface area contributed by atoms with E-state index in [1.54, 1.807) is 22.3 Å². The summed E-state index contributed by atoms with van der Waals surface area (Å²) >= 11 is -0.586. The number of nitrogens with one attached hydrogen (secondary N) is 1. The number of allylic oxidation sites excluding steroid dienone is 8. The van der Waals surface area contributed by atoms with Crippen molar-refractivity contribution in [2.45, 2.75) is 60.8 Å². The monoisotopic (exact) mass is 449 g/mol. The third-order valence-electron chi connectivity index (χ3n) is 4.89. The van der Waals surface area contributed by atoms with Crippen LogP contribution < -0.4 is 5.32 Å². The van der Waals surface area contributed by atoms with Crippen molar-refractivity contribution in [3.05, 3.63) is 41.0 Å². The van der Waals surface area contributed by atoms with Gasteiger partial charge in [0.15, 0.2) is 0 Å². The molecule has 0 fully saturated rings. The van der Waals surface area contributed by atoms with Gasteiger partial charge in [-0.3, -0.25) is 0 Å². The molecule has 1 N–H and O–H groups in total. The molecule has 0 atom stereocenters. The van der Waals surface area contributed by atoms with E-state index < -0.39 is 23.2 Å². The van der Waals surface area contributed by atoms with Crippen LogP contribution >= 0.6 is 24.8 Å². The molecule has 0 spiro atoms. The molecule has 0 radical (unpaired) electrons. The molecule has 1 nitrogen and oxygen atoms in total. The van der Waals surface area contributed by atoms with Crippen LogP contribution in [-0.4, -0.2) is 14.1 Å². The van der Waals surface area contributed by atoms with Gasteiger partial charge < -0.3 is 5.32 Å². The van der Waals surface area contributed by atoms with E-state index in [4.69, 9.17) is 0 Å². The van der Waals surface area contributed by atoms with Gasteiger partial charge in [-0.15, -0.1) is 24.8 Å². The normalized spacial score (nSPS) is 18.2. The Morgan fingerprint density at radius 1 is 1.08 bits per heavy atom. The summed E-state index contributed by atoms with van der Waals surface area (Å²) in [5.41, 5.74) is 6.78. The Kier molecular flexibility index (Phi) is 13.2. The Labute approximate surface area is 173 Å². The molecule has 0 unspecified atom stereocenters. The topological polar surface area (TPSA) is 12.0 Å². The fraction of sp³-hybridized carbons (Fsp3) is 0.600. The van der Waals surface area contributed by atoms with Crippen LogP contribution in [0.5, 0.6) is 0 Å². The van der Waals surface area contributed by atoms with Gasteiger partial charge in [0.25, 0.3) is 0 Å².